The highest BCUT2D eigenvalue weighted by Crippen LogP contribution is 2.21. The van der Waals surface area contributed by atoms with Gasteiger partial charge in [-0.3, -0.25) is 13.9 Å². The van der Waals surface area contributed by atoms with E-state index in [2.05, 4.69) is 5.32 Å². The van der Waals surface area contributed by atoms with E-state index < -0.39 is 17.8 Å². The first-order valence-corrected chi connectivity index (χ1v) is 7.97. The topological polar surface area (TPSA) is 123 Å². The SMILES string of the molecule is Cc1c(NCCC(N)C(O)c2cccc(O)c2)n(C)c(=O)n(C)c1=O. The molecule has 1 aromatic carbocycles. The molecular formula is C17H24N4O4. The molecule has 2 unspecified atom stereocenters. The summed E-state index contributed by atoms with van der Waals surface area (Å²) in [5.41, 5.74) is 6.22. The fourth-order valence-corrected chi connectivity index (χ4v) is 2.73. The van der Waals surface area contributed by atoms with Gasteiger partial charge in [0, 0.05) is 26.7 Å². The third-order valence-corrected chi connectivity index (χ3v) is 4.28. The van der Waals surface area contributed by atoms with E-state index in [-0.39, 0.29) is 11.3 Å². The third kappa shape index (κ3) is 3.92. The van der Waals surface area contributed by atoms with Crippen LogP contribution in [0.15, 0.2) is 33.9 Å². The summed E-state index contributed by atoms with van der Waals surface area (Å²) >= 11 is 0. The van der Waals surface area contributed by atoms with Gasteiger partial charge in [-0.05, 0) is 31.0 Å². The number of rotatable bonds is 6. The number of phenols is 1. The molecule has 25 heavy (non-hydrogen) atoms. The summed E-state index contributed by atoms with van der Waals surface area (Å²) in [4.78, 5) is 24.0. The van der Waals surface area contributed by atoms with Crippen molar-refractivity contribution in [3.8, 4) is 5.75 Å². The molecule has 2 rings (SSSR count). The van der Waals surface area contributed by atoms with Gasteiger partial charge in [0.15, 0.2) is 0 Å². The molecule has 0 aliphatic heterocycles. The Bertz CT molecular complexity index is 835. The summed E-state index contributed by atoms with van der Waals surface area (Å²) in [6.45, 7) is 2.02. The van der Waals surface area contributed by atoms with Crippen molar-refractivity contribution in [1.29, 1.82) is 0 Å². The normalized spacial score (nSPS) is 13.5. The van der Waals surface area contributed by atoms with Gasteiger partial charge in [0.05, 0.1) is 11.7 Å². The highest BCUT2D eigenvalue weighted by molar-refractivity contribution is 5.42. The molecule has 136 valence electrons. The van der Waals surface area contributed by atoms with Crippen molar-refractivity contribution in [2.45, 2.75) is 25.5 Å². The van der Waals surface area contributed by atoms with Crippen LogP contribution in [-0.2, 0) is 14.1 Å². The van der Waals surface area contributed by atoms with Gasteiger partial charge in [-0.1, -0.05) is 12.1 Å². The first-order valence-electron chi connectivity index (χ1n) is 7.97. The number of aliphatic hydroxyl groups excluding tert-OH is 1. The number of hydrogen-bond donors (Lipinski definition) is 4. The number of phenolic OH excluding ortho intramolecular Hbond substituents is 1. The summed E-state index contributed by atoms with van der Waals surface area (Å²) in [5, 5.41) is 22.8. The maximum absolute atomic E-state index is 12.0. The molecule has 8 nitrogen and oxygen atoms in total. The molecule has 8 heteroatoms. The van der Waals surface area contributed by atoms with E-state index in [0.717, 1.165) is 4.57 Å². The highest BCUT2D eigenvalue weighted by atomic mass is 16.3. The Balaban J connectivity index is 2.06. The first-order chi connectivity index (χ1) is 11.7. The Morgan fingerprint density at radius 1 is 1.24 bits per heavy atom. The lowest BCUT2D eigenvalue weighted by molar-refractivity contribution is 0.143. The molecule has 0 saturated heterocycles. The maximum atomic E-state index is 12.0. The van der Waals surface area contributed by atoms with Gasteiger partial charge in [-0.25, -0.2) is 4.79 Å². The maximum Gasteiger partial charge on any atom is 0.332 e. The second-order valence-electron chi connectivity index (χ2n) is 6.10. The number of nitrogens with one attached hydrogen (secondary N) is 1. The molecular weight excluding hydrogens is 324 g/mol. The molecule has 2 atom stereocenters. The number of benzene rings is 1. The summed E-state index contributed by atoms with van der Waals surface area (Å²) in [6, 6.07) is 5.73. The third-order valence-electron chi connectivity index (χ3n) is 4.28. The number of anilines is 1. The van der Waals surface area contributed by atoms with Gasteiger partial charge in [0.25, 0.3) is 5.56 Å². The minimum atomic E-state index is -0.928. The zero-order chi connectivity index (χ0) is 18.7. The van der Waals surface area contributed by atoms with Gasteiger partial charge >= 0.3 is 5.69 Å². The van der Waals surface area contributed by atoms with Gasteiger partial charge < -0.3 is 21.3 Å². The van der Waals surface area contributed by atoms with Gasteiger partial charge in [-0.2, -0.15) is 0 Å². The van der Waals surface area contributed by atoms with Crippen LogP contribution in [0.1, 0.15) is 23.7 Å². The minimum absolute atomic E-state index is 0.0626. The van der Waals surface area contributed by atoms with E-state index >= 15 is 0 Å². The van der Waals surface area contributed by atoms with Crippen molar-refractivity contribution in [2.75, 3.05) is 11.9 Å². The van der Waals surface area contributed by atoms with Crippen molar-refractivity contribution in [2.24, 2.45) is 19.8 Å². The molecule has 0 amide bonds. The Labute approximate surface area is 145 Å². The largest absolute Gasteiger partial charge is 0.508 e. The number of aromatic hydroxyl groups is 1. The Morgan fingerprint density at radius 2 is 1.92 bits per heavy atom. The van der Waals surface area contributed by atoms with E-state index in [4.69, 9.17) is 5.73 Å². The van der Waals surface area contributed by atoms with Crippen molar-refractivity contribution in [3.05, 3.63) is 56.2 Å². The molecule has 1 heterocycles. The Kier molecular flexibility index (Phi) is 5.66. The molecule has 0 radical (unpaired) electrons. The van der Waals surface area contributed by atoms with Crippen LogP contribution < -0.4 is 22.3 Å². The predicted molar refractivity (Wildman–Crippen MR) is 95.8 cm³/mol. The quantitative estimate of drug-likeness (QED) is 0.581. The van der Waals surface area contributed by atoms with E-state index in [9.17, 15) is 19.8 Å². The van der Waals surface area contributed by atoms with Gasteiger partial charge in [0.2, 0.25) is 0 Å². The van der Waals surface area contributed by atoms with E-state index in [0.29, 0.717) is 29.9 Å². The van der Waals surface area contributed by atoms with Crippen molar-refractivity contribution in [1.82, 2.24) is 9.13 Å². The second kappa shape index (κ2) is 7.54. The molecule has 2 aromatic rings. The second-order valence-corrected chi connectivity index (χ2v) is 6.10. The van der Waals surface area contributed by atoms with Crippen LogP contribution >= 0.6 is 0 Å². The molecule has 1 aromatic heterocycles. The van der Waals surface area contributed by atoms with Crippen molar-refractivity contribution in [3.63, 3.8) is 0 Å². The van der Waals surface area contributed by atoms with Gasteiger partial charge in [-0.15, -0.1) is 0 Å². The first kappa shape index (κ1) is 18.8. The monoisotopic (exact) mass is 348 g/mol. The van der Waals surface area contributed by atoms with E-state index in [1.807, 2.05) is 0 Å². The average molecular weight is 348 g/mol. The summed E-state index contributed by atoms with van der Waals surface area (Å²) in [6.07, 6.45) is -0.526. The highest BCUT2D eigenvalue weighted by Gasteiger charge is 2.18. The molecule has 0 bridgehead atoms. The molecule has 0 aliphatic carbocycles. The zero-order valence-corrected chi connectivity index (χ0v) is 14.6. The van der Waals surface area contributed by atoms with Crippen LogP contribution in [-0.4, -0.2) is 31.9 Å². The zero-order valence-electron chi connectivity index (χ0n) is 14.6. The molecule has 0 saturated carbocycles. The van der Waals surface area contributed by atoms with E-state index in [1.54, 1.807) is 26.1 Å². The fourth-order valence-electron chi connectivity index (χ4n) is 2.73. The van der Waals surface area contributed by atoms with Crippen molar-refractivity contribution >= 4 is 5.82 Å². The Hall–Kier alpha value is -2.58. The van der Waals surface area contributed by atoms with Crippen LogP contribution in [0, 0.1) is 6.92 Å². The van der Waals surface area contributed by atoms with E-state index in [1.165, 1.54) is 23.7 Å². The van der Waals surface area contributed by atoms with Crippen LogP contribution in [0.25, 0.3) is 0 Å². The molecule has 5 N–H and O–H groups in total. The Morgan fingerprint density at radius 3 is 2.56 bits per heavy atom. The fraction of sp³-hybridized carbons (Fsp3) is 0.412. The molecule has 0 fully saturated rings. The van der Waals surface area contributed by atoms with Crippen LogP contribution in [0.3, 0.4) is 0 Å². The molecule has 0 aliphatic rings. The van der Waals surface area contributed by atoms with Crippen LogP contribution in [0.2, 0.25) is 0 Å². The number of nitrogens with two attached hydrogens (primary N) is 1. The lowest BCUT2D eigenvalue weighted by Crippen LogP contribution is -2.40. The number of aromatic nitrogens is 2. The summed E-state index contributed by atoms with van der Waals surface area (Å²) < 4.78 is 2.42. The lowest BCUT2D eigenvalue weighted by Gasteiger charge is -2.21. The van der Waals surface area contributed by atoms with Crippen LogP contribution in [0.4, 0.5) is 5.82 Å². The average Bonchev–Trinajstić information content (AvgIpc) is 2.60. The minimum Gasteiger partial charge on any atom is -0.508 e. The lowest BCUT2D eigenvalue weighted by atomic mass is 10.0. The van der Waals surface area contributed by atoms with Gasteiger partial charge in [0.1, 0.15) is 11.6 Å². The number of hydrogen-bond acceptors (Lipinski definition) is 6. The smallest absolute Gasteiger partial charge is 0.332 e. The predicted octanol–water partition coefficient (Wildman–Crippen LogP) is -0.0391. The standard InChI is InChI=1S/C17H24N4O4/c1-10-15(20(2)17(25)21(3)16(10)24)19-8-7-13(18)14(23)11-5-4-6-12(22)9-11/h4-6,9,13-14,19,22-23H,7-8,18H2,1-3H3. The summed E-state index contributed by atoms with van der Waals surface area (Å²) in [7, 11) is 3.02. The van der Waals surface area contributed by atoms with Crippen LogP contribution in [0.5, 0.6) is 5.75 Å². The summed E-state index contributed by atoms with van der Waals surface area (Å²) in [5.74, 6) is 0.500. The van der Waals surface area contributed by atoms with Crippen molar-refractivity contribution < 1.29 is 10.2 Å². The molecule has 0 spiro atoms. The number of nitrogens with zero attached hydrogens (tertiary/aromatic N) is 2. The number of aliphatic hydroxyl groups is 1.